The quantitative estimate of drug-likeness (QED) is 0.314. The van der Waals surface area contributed by atoms with Crippen LogP contribution < -0.4 is 0 Å². The van der Waals surface area contributed by atoms with Crippen molar-refractivity contribution in [3.05, 3.63) is 41.0 Å². The number of benzene rings is 1. The van der Waals surface area contributed by atoms with E-state index in [1.54, 1.807) is 6.07 Å². The summed E-state index contributed by atoms with van der Waals surface area (Å²) < 4.78 is 17.7. The summed E-state index contributed by atoms with van der Waals surface area (Å²) in [7, 11) is 0. The fraction of sp³-hybridized carbons (Fsp3) is 0.621. The van der Waals surface area contributed by atoms with E-state index in [0.29, 0.717) is 5.56 Å². The first-order valence-corrected chi connectivity index (χ1v) is 13.1. The van der Waals surface area contributed by atoms with E-state index in [4.69, 9.17) is 14.2 Å². The molecule has 0 spiro atoms. The van der Waals surface area contributed by atoms with Crippen LogP contribution in [0, 0.1) is 0 Å². The molecule has 0 saturated heterocycles. The molecule has 1 aromatic carbocycles. The molecular weight excluding hydrogens is 444 g/mol. The van der Waals surface area contributed by atoms with Crippen LogP contribution in [0.1, 0.15) is 134 Å². The molecule has 35 heavy (non-hydrogen) atoms. The van der Waals surface area contributed by atoms with E-state index in [-0.39, 0.29) is 16.7 Å². The summed E-state index contributed by atoms with van der Waals surface area (Å²) >= 11 is 0. The third-order valence-electron chi connectivity index (χ3n) is 8.05. The van der Waals surface area contributed by atoms with Gasteiger partial charge in [-0.15, -0.1) is 0 Å². The molecule has 6 nitrogen and oxygen atoms in total. The van der Waals surface area contributed by atoms with Gasteiger partial charge in [0.2, 0.25) is 0 Å². The molecule has 0 unspecified atom stereocenters. The van der Waals surface area contributed by atoms with Gasteiger partial charge in [-0.3, -0.25) is 0 Å². The highest BCUT2D eigenvalue weighted by atomic mass is 16.6. The summed E-state index contributed by atoms with van der Waals surface area (Å²) in [6.07, 6.45) is 12.2. The molecule has 3 saturated carbocycles. The first-order valence-electron chi connectivity index (χ1n) is 13.1. The maximum absolute atomic E-state index is 13.5. The van der Waals surface area contributed by atoms with Gasteiger partial charge in [0, 0.05) is 0 Å². The monoisotopic (exact) mass is 482 g/mol. The number of ether oxygens (including phenoxy) is 3. The van der Waals surface area contributed by atoms with E-state index >= 15 is 0 Å². The number of carbonyl (C=O) groups excluding carboxylic acids is 3. The first kappa shape index (κ1) is 25.5. The number of esters is 3. The Morgan fingerprint density at radius 1 is 0.686 bits per heavy atom. The average molecular weight is 483 g/mol. The molecule has 190 valence electrons. The molecule has 3 aliphatic rings. The van der Waals surface area contributed by atoms with Gasteiger partial charge in [-0.2, -0.15) is 0 Å². The fourth-order valence-electron chi connectivity index (χ4n) is 5.84. The van der Waals surface area contributed by atoms with Gasteiger partial charge in [0.25, 0.3) is 0 Å². The number of hydrogen-bond acceptors (Lipinski definition) is 6. The number of carbonyl (C=O) groups is 3. The minimum Gasteiger partial charge on any atom is -0.456 e. The summed E-state index contributed by atoms with van der Waals surface area (Å²) in [5.41, 5.74) is -0.959. The molecule has 0 radical (unpaired) electrons. The largest absolute Gasteiger partial charge is 0.456 e. The maximum atomic E-state index is 13.5. The van der Waals surface area contributed by atoms with Crippen LogP contribution in [0.15, 0.2) is 18.7 Å². The van der Waals surface area contributed by atoms with Gasteiger partial charge in [0.1, 0.15) is 16.8 Å². The summed E-state index contributed by atoms with van der Waals surface area (Å²) in [4.78, 5) is 40.1. The normalized spacial score (nSPS) is 21.9. The lowest BCUT2D eigenvalue weighted by Gasteiger charge is -2.27. The van der Waals surface area contributed by atoms with E-state index in [2.05, 4.69) is 6.58 Å². The molecule has 1 aromatic rings. The molecule has 6 heteroatoms. The fourth-order valence-corrected chi connectivity index (χ4v) is 5.84. The molecule has 3 aliphatic carbocycles. The Kier molecular flexibility index (Phi) is 7.12. The molecule has 0 aromatic heterocycles. The zero-order valence-electron chi connectivity index (χ0n) is 21.4. The van der Waals surface area contributed by atoms with Crippen molar-refractivity contribution in [3.8, 4) is 0 Å². The van der Waals surface area contributed by atoms with Crippen LogP contribution in [0.2, 0.25) is 0 Å². The van der Waals surface area contributed by atoms with Crippen LogP contribution in [0.4, 0.5) is 0 Å². The van der Waals surface area contributed by atoms with Crippen molar-refractivity contribution in [2.75, 3.05) is 0 Å². The van der Waals surface area contributed by atoms with Gasteiger partial charge >= 0.3 is 17.9 Å². The van der Waals surface area contributed by atoms with Crippen molar-refractivity contribution in [1.29, 1.82) is 0 Å². The Morgan fingerprint density at radius 3 is 1.51 bits per heavy atom. The van der Waals surface area contributed by atoms with Gasteiger partial charge in [0.15, 0.2) is 0 Å². The highest BCUT2D eigenvalue weighted by molar-refractivity contribution is 6.08. The smallest absolute Gasteiger partial charge is 0.340 e. The van der Waals surface area contributed by atoms with Gasteiger partial charge < -0.3 is 14.2 Å². The van der Waals surface area contributed by atoms with Gasteiger partial charge in [0.05, 0.1) is 16.7 Å². The van der Waals surface area contributed by atoms with Gasteiger partial charge in [-0.05, 0) is 116 Å². The topological polar surface area (TPSA) is 78.9 Å². The van der Waals surface area contributed by atoms with Crippen LogP contribution in [-0.4, -0.2) is 34.7 Å². The van der Waals surface area contributed by atoms with Crippen molar-refractivity contribution in [2.24, 2.45) is 0 Å². The molecule has 4 rings (SSSR count). The lowest BCUT2D eigenvalue weighted by atomic mass is 9.95. The SMILES string of the molecule is C=Cc1cc(C(=O)OC2(C)CCCC2)cc(C(=O)OC2(C)CCCC2)c1C(=O)OC1(C)CCCC1. The lowest BCUT2D eigenvalue weighted by molar-refractivity contribution is -0.0111. The first-order chi connectivity index (χ1) is 16.6. The predicted molar refractivity (Wildman–Crippen MR) is 133 cm³/mol. The molecule has 0 heterocycles. The van der Waals surface area contributed by atoms with Crippen molar-refractivity contribution in [1.82, 2.24) is 0 Å². The zero-order chi connectivity index (χ0) is 25.3. The highest BCUT2D eigenvalue weighted by Crippen LogP contribution is 2.37. The molecule has 3 fully saturated rings. The third-order valence-corrected chi connectivity index (χ3v) is 8.05. The Morgan fingerprint density at radius 2 is 1.09 bits per heavy atom. The van der Waals surface area contributed by atoms with E-state index in [9.17, 15) is 14.4 Å². The zero-order valence-corrected chi connectivity index (χ0v) is 21.4. The Bertz CT molecular complexity index is 1000. The van der Waals surface area contributed by atoms with E-state index in [1.165, 1.54) is 12.1 Å². The van der Waals surface area contributed by atoms with Crippen LogP contribution >= 0.6 is 0 Å². The molecule has 0 N–H and O–H groups in total. The maximum Gasteiger partial charge on any atom is 0.340 e. The molecular formula is C29H38O6. The molecule has 0 aliphatic heterocycles. The van der Waals surface area contributed by atoms with E-state index in [0.717, 1.165) is 77.0 Å². The van der Waals surface area contributed by atoms with Gasteiger partial charge in [-0.25, -0.2) is 14.4 Å². The van der Waals surface area contributed by atoms with Gasteiger partial charge in [-0.1, -0.05) is 12.7 Å². The van der Waals surface area contributed by atoms with E-state index < -0.39 is 34.7 Å². The summed E-state index contributed by atoms with van der Waals surface area (Å²) in [6, 6.07) is 3.00. The standard InChI is InChI=1S/C29H38O6/c1-5-20-18-21(24(30)33-27(2)12-6-7-13-27)19-22(25(31)34-28(3)14-8-9-15-28)23(20)26(32)35-29(4)16-10-11-17-29/h5,18-19H,1,6-17H2,2-4H3. The average Bonchev–Trinajstić information content (AvgIpc) is 3.54. The Balaban J connectivity index is 1.71. The van der Waals surface area contributed by atoms with Crippen molar-refractivity contribution in [3.63, 3.8) is 0 Å². The van der Waals surface area contributed by atoms with Crippen LogP contribution in [0.25, 0.3) is 6.08 Å². The van der Waals surface area contributed by atoms with E-state index in [1.807, 2.05) is 20.8 Å². The lowest BCUT2D eigenvalue weighted by Crippen LogP contribution is -2.32. The third kappa shape index (κ3) is 5.62. The molecule has 0 amide bonds. The van der Waals surface area contributed by atoms with Crippen LogP contribution in [0.5, 0.6) is 0 Å². The Hall–Kier alpha value is -2.63. The second kappa shape index (κ2) is 9.79. The number of rotatable bonds is 7. The minimum atomic E-state index is -0.622. The highest BCUT2D eigenvalue weighted by Gasteiger charge is 2.38. The number of hydrogen-bond donors (Lipinski definition) is 0. The van der Waals surface area contributed by atoms with Crippen LogP contribution in [0.3, 0.4) is 0 Å². The summed E-state index contributed by atoms with van der Waals surface area (Å²) in [5, 5.41) is 0. The summed E-state index contributed by atoms with van der Waals surface area (Å²) in [6.45, 7) is 9.63. The van der Waals surface area contributed by atoms with Crippen molar-refractivity contribution < 1.29 is 28.6 Å². The van der Waals surface area contributed by atoms with Crippen molar-refractivity contribution in [2.45, 2.75) is 115 Å². The second-order valence-electron chi connectivity index (χ2n) is 11.3. The minimum absolute atomic E-state index is 0.0330. The Labute approximate surface area is 208 Å². The molecule has 0 bridgehead atoms. The second-order valence-corrected chi connectivity index (χ2v) is 11.3. The van der Waals surface area contributed by atoms with Crippen LogP contribution in [-0.2, 0) is 14.2 Å². The predicted octanol–water partition coefficient (Wildman–Crippen LogP) is 6.80. The van der Waals surface area contributed by atoms with Crippen molar-refractivity contribution >= 4 is 24.0 Å². The summed E-state index contributed by atoms with van der Waals surface area (Å²) in [5.74, 6) is -1.72. The molecule has 0 atom stereocenters.